The Bertz CT molecular complexity index is 440. The van der Waals surface area contributed by atoms with Crippen molar-refractivity contribution in [1.82, 2.24) is 0 Å². The van der Waals surface area contributed by atoms with Crippen molar-refractivity contribution in [2.45, 2.75) is 26.7 Å². The SMILES string of the molecule is Cc1c(F)cccc1C(=O)C[C@H](C)CC(=O)O. The molecule has 0 fully saturated rings. The van der Waals surface area contributed by atoms with Gasteiger partial charge in [0.2, 0.25) is 0 Å². The summed E-state index contributed by atoms with van der Waals surface area (Å²) in [4.78, 5) is 22.3. The number of carboxylic acid groups (broad SMARTS) is 1. The number of ketones is 1. The molecule has 17 heavy (non-hydrogen) atoms. The van der Waals surface area contributed by atoms with Crippen molar-refractivity contribution in [3.8, 4) is 0 Å². The number of rotatable bonds is 5. The standard InChI is InChI=1S/C13H15FO3/c1-8(7-13(16)17)6-12(15)10-4-3-5-11(14)9(10)2/h3-5,8H,6-7H2,1-2H3,(H,16,17)/t8-/m0/s1. The van der Waals surface area contributed by atoms with E-state index in [-0.39, 0.29) is 24.5 Å². The second-order valence-corrected chi connectivity index (χ2v) is 4.24. The van der Waals surface area contributed by atoms with Gasteiger partial charge in [-0.05, 0) is 24.5 Å². The van der Waals surface area contributed by atoms with Crippen LogP contribution in [0.5, 0.6) is 0 Å². The van der Waals surface area contributed by atoms with Crippen LogP contribution in [0.15, 0.2) is 18.2 Å². The molecule has 0 aliphatic rings. The first-order valence-corrected chi connectivity index (χ1v) is 5.42. The van der Waals surface area contributed by atoms with Gasteiger partial charge in [0, 0.05) is 18.4 Å². The molecule has 1 atom stereocenters. The molecule has 4 heteroatoms. The molecule has 0 unspecified atom stereocenters. The van der Waals surface area contributed by atoms with Gasteiger partial charge in [0.15, 0.2) is 5.78 Å². The van der Waals surface area contributed by atoms with E-state index < -0.39 is 11.8 Å². The maximum Gasteiger partial charge on any atom is 0.303 e. The van der Waals surface area contributed by atoms with Crippen molar-refractivity contribution in [3.63, 3.8) is 0 Å². The molecule has 0 aliphatic carbocycles. The van der Waals surface area contributed by atoms with E-state index in [0.29, 0.717) is 11.1 Å². The summed E-state index contributed by atoms with van der Waals surface area (Å²) in [7, 11) is 0. The third-order valence-corrected chi connectivity index (χ3v) is 2.63. The highest BCUT2D eigenvalue weighted by Gasteiger charge is 2.16. The first kappa shape index (κ1) is 13.4. The number of carboxylic acids is 1. The third-order valence-electron chi connectivity index (χ3n) is 2.63. The van der Waals surface area contributed by atoms with Crippen LogP contribution in [-0.4, -0.2) is 16.9 Å². The van der Waals surface area contributed by atoms with Crippen LogP contribution in [-0.2, 0) is 4.79 Å². The predicted molar refractivity (Wildman–Crippen MR) is 61.5 cm³/mol. The van der Waals surface area contributed by atoms with Crippen molar-refractivity contribution in [3.05, 3.63) is 35.1 Å². The van der Waals surface area contributed by atoms with Crippen molar-refractivity contribution >= 4 is 11.8 Å². The van der Waals surface area contributed by atoms with E-state index in [1.165, 1.54) is 12.1 Å². The Hall–Kier alpha value is -1.71. The predicted octanol–water partition coefficient (Wildman–Crippen LogP) is 2.82. The lowest BCUT2D eigenvalue weighted by atomic mass is 9.95. The van der Waals surface area contributed by atoms with Crippen LogP contribution in [0.3, 0.4) is 0 Å². The second-order valence-electron chi connectivity index (χ2n) is 4.24. The van der Waals surface area contributed by atoms with Crippen LogP contribution >= 0.6 is 0 Å². The van der Waals surface area contributed by atoms with Gasteiger partial charge < -0.3 is 5.11 Å². The van der Waals surface area contributed by atoms with Gasteiger partial charge in [-0.3, -0.25) is 9.59 Å². The lowest BCUT2D eigenvalue weighted by molar-refractivity contribution is -0.137. The van der Waals surface area contributed by atoms with E-state index in [2.05, 4.69) is 0 Å². The molecular formula is C13H15FO3. The van der Waals surface area contributed by atoms with Crippen LogP contribution in [0.4, 0.5) is 4.39 Å². The van der Waals surface area contributed by atoms with E-state index in [1.54, 1.807) is 19.9 Å². The van der Waals surface area contributed by atoms with Gasteiger partial charge in [0.1, 0.15) is 5.82 Å². The van der Waals surface area contributed by atoms with Gasteiger partial charge in [-0.1, -0.05) is 19.1 Å². The summed E-state index contributed by atoms with van der Waals surface area (Å²) in [6, 6.07) is 4.35. The van der Waals surface area contributed by atoms with E-state index in [1.807, 2.05) is 0 Å². The van der Waals surface area contributed by atoms with Crippen LogP contribution < -0.4 is 0 Å². The molecule has 1 rings (SSSR count). The average molecular weight is 238 g/mol. The Kier molecular flexibility index (Phi) is 4.37. The first-order chi connectivity index (χ1) is 7.91. The van der Waals surface area contributed by atoms with Crippen LogP contribution in [0.1, 0.15) is 35.7 Å². The van der Waals surface area contributed by atoms with Gasteiger partial charge in [0.25, 0.3) is 0 Å². The Morgan fingerprint density at radius 3 is 2.59 bits per heavy atom. The smallest absolute Gasteiger partial charge is 0.303 e. The zero-order valence-electron chi connectivity index (χ0n) is 9.87. The first-order valence-electron chi connectivity index (χ1n) is 5.42. The molecule has 0 bridgehead atoms. The minimum absolute atomic E-state index is 0.0555. The Labute approximate surface area is 99.3 Å². The van der Waals surface area contributed by atoms with E-state index >= 15 is 0 Å². The number of carbonyl (C=O) groups is 2. The fourth-order valence-corrected chi connectivity index (χ4v) is 1.71. The van der Waals surface area contributed by atoms with Crippen molar-refractivity contribution < 1.29 is 19.1 Å². The number of carbonyl (C=O) groups excluding carboxylic acids is 1. The highest BCUT2D eigenvalue weighted by Crippen LogP contribution is 2.17. The summed E-state index contributed by atoms with van der Waals surface area (Å²) in [6.45, 7) is 3.24. The van der Waals surface area contributed by atoms with Gasteiger partial charge in [-0.25, -0.2) is 4.39 Å². The van der Waals surface area contributed by atoms with E-state index in [0.717, 1.165) is 0 Å². The number of halogens is 1. The number of hydrogen-bond donors (Lipinski definition) is 1. The summed E-state index contributed by atoms with van der Waals surface area (Å²) in [5, 5.41) is 8.59. The molecule has 0 saturated carbocycles. The number of aliphatic carboxylic acids is 1. The lowest BCUT2D eigenvalue weighted by Crippen LogP contribution is -2.11. The summed E-state index contributed by atoms with van der Waals surface area (Å²) in [5.41, 5.74) is 0.655. The van der Waals surface area contributed by atoms with Crippen molar-refractivity contribution in [2.75, 3.05) is 0 Å². The summed E-state index contributed by atoms with van der Waals surface area (Å²) in [6.07, 6.45) is 0.0662. The molecule has 1 aromatic rings. The second kappa shape index (κ2) is 5.57. The van der Waals surface area contributed by atoms with Gasteiger partial charge in [-0.2, -0.15) is 0 Å². The molecule has 3 nitrogen and oxygen atoms in total. The number of hydrogen-bond acceptors (Lipinski definition) is 2. The normalized spacial score (nSPS) is 12.2. The maximum atomic E-state index is 13.2. The summed E-state index contributed by atoms with van der Waals surface area (Å²) >= 11 is 0. The molecule has 0 amide bonds. The molecular weight excluding hydrogens is 223 g/mol. The lowest BCUT2D eigenvalue weighted by Gasteiger charge is -2.09. The molecule has 0 aromatic heterocycles. The summed E-state index contributed by atoms with van der Waals surface area (Å²) < 4.78 is 13.2. The number of Topliss-reactive ketones (excluding diaryl/α,β-unsaturated/α-hetero) is 1. The monoisotopic (exact) mass is 238 g/mol. The molecule has 92 valence electrons. The molecule has 0 aliphatic heterocycles. The van der Waals surface area contributed by atoms with E-state index in [9.17, 15) is 14.0 Å². The van der Waals surface area contributed by atoms with Crippen molar-refractivity contribution in [2.24, 2.45) is 5.92 Å². The largest absolute Gasteiger partial charge is 0.481 e. The fraction of sp³-hybridized carbons (Fsp3) is 0.385. The van der Waals surface area contributed by atoms with E-state index in [4.69, 9.17) is 5.11 Å². The third kappa shape index (κ3) is 3.66. The minimum atomic E-state index is -0.929. The molecule has 0 spiro atoms. The average Bonchev–Trinajstić information content (AvgIpc) is 2.20. The number of benzene rings is 1. The fourth-order valence-electron chi connectivity index (χ4n) is 1.71. The Morgan fingerprint density at radius 2 is 2.00 bits per heavy atom. The quantitative estimate of drug-likeness (QED) is 0.802. The zero-order chi connectivity index (χ0) is 13.0. The Morgan fingerprint density at radius 1 is 1.35 bits per heavy atom. The van der Waals surface area contributed by atoms with Gasteiger partial charge >= 0.3 is 5.97 Å². The van der Waals surface area contributed by atoms with Gasteiger partial charge in [-0.15, -0.1) is 0 Å². The zero-order valence-corrected chi connectivity index (χ0v) is 9.87. The van der Waals surface area contributed by atoms with Crippen LogP contribution in [0, 0.1) is 18.7 Å². The topological polar surface area (TPSA) is 54.4 Å². The molecule has 0 saturated heterocycles. The Balaban J connectivity index is 2.77. The minimum Gasteiger partial charge on any atom is -0.481 e. The highest BCUT2D eigenvalue weighted by atomic mass is 19.1. The van der Waals surface area contributed by atoms with Gasteiger partial charge in [0.05, 0.1) is 0 Å². The molecule has 1 N–H and O–H groups in total. The maximum absolute atomic E-state index is 13.2. The van der Waals surface area contributed by atoms with Crippen LogP contribution in [0.25, 0.3) is 0 Å². The highest BCUT2D eigenvalue weighted by molar-refractivity contribution is 5.97. The summed E-state index contributed by atoms with van der Waals surface area (Å²) in [5.74, 6) is -1.80. The van der Waals surface area contributed by atoms with Crippen LogP contribution in [0.2, 0.25) is 0 Å². The van der Waals surface area contributed by atoms with Crippen molar-refractivity contribution in [1.29, 1.82) is 0 Å². The molecule has 1 aromatic carbocycles. The molecule has 0 heterocycles. The molecule has 0 radical (unpaired) electrons.